The van der Waals surface area contributed by atoms with Crippen LogP contribution in [-0.4, -0.2) is 10.9 Å². The summed E-state index contributed by atoms with van der Waals surface area (Å²) >= 11 is 0. The predicted octanol–water partition coefficient (Wildman–Crippen LogP) is 3.98. The van der Waals surface area contributed by atoms with Crippen molar-refractivity contribution in [3.8, 4) is 5.75 Å². The van der Waals surface area contributed by atoms with Crippen LogP contribution in [0.2, 0.25) is 0 Å². The van der Waals surface area contributed by atoms with Gasteiger partial charge in [-0.2, -0.15) is 0 Å². The van der Waals surface area contributed by atoms with Gasteiger partial charge in [-0.05, 0) is 42.9 Å². The van der Waals surface area contributed by atoms with Gasteiger partial charge >= 0.3 is 0 Å². The zero-order valence-corrected chi connectivity index (χ0v) is 11.4. The van der Waals surface area contributed by atoms with Crippen molar-refractivity contribution in [3.05, 3.63) is 41.5 Å². The Bertz CT molecular complexity index is 431. The van der Waals surface area contributed by atoms with Crippen LogP contribution in [-0.2, 0) is 11.2 Å². The van der Waals surface area contributed by atoms with Gasteiger partial charge in [0, 0.05) is 6.42 Å². The number of Topliss-reactive ketones (excluding diaryl/α,β-unsaturated/α-hetero) is 1. The van der Waals surface area contributed by atoms with Gasteiger partial charge in [0.05, 0.1) is 0 Å². The summed E-state index contributed by atoms with van der Waals surface area (Å²) in [5.41, 5.74) is 2.18. The number of ketones is 1. The lowest BCUT2D eigenvalue weighted by Crippen LogP contribution is -1.91. The van der Waals surface area contributed by atoms with Gasteiger partial charge in [0.2, 0.25) is 0 Å². The summed E-state index contributed by atoms with van der Waals surface area (Å²) in [6.45, 7) is 5.88. The third kappa shape index (κ3) is 4.74. The average molecular weight is 246 g/mol. The number of aromatic hydroxyl groups is 1. The number of rotatable bonds is 6. The molecule has 0 saturated carbocycles. The van der Waals surface area contributed by atoms with E-state index in [-0.39, 0.29) is 5.78 Å². The first-order valence-electron chi connectivity index (χ1n) is 6.47. The second-order valence-electron chi connectivity index (χ2n) is 4.96. The van der Waals surface area contributed by atoms with Gasteiger partial charge < -0.3 is 9.90 Å². The molecule has 0 aliphatic carbocycles. The Labute approximate surface area is 109 Å². The van der Waals surface area contributed by atoms with Crippen LogP contribution in [0.4, 0.5) is 0 Å². The molecule has 0 amide bonds. The summed E-state index contributed by atoms with van der Waals surface area (Å²) in [7, 11) is 0. The molecule has 98 valence electrons. The molecule has 0 atom stereocenters. The van der Waals surface area contributed by atoms with Crippen LogP contribution in [0.3, 0.4) is 0 Å². The van der Waals surface area contributed by atoms with E-state index in [0.29, 0.717) is 24.5 Å². The summed E-state index contributed by atoms with van der Waals surface area (Å²) in [4.78, 5) is 10.8. The monoisotopic (exact) mass is 246 g/mol. The lowest BCUT2D eigenvalue weighted by molar-refractivity contribution is -0.116. The molecule has 2 nitrogen and oxygen atoms in total. The molecule has 0 radical (unpaired) electrons. The van der Waals surface area contributed by atoms with Crippen LogP contribution in [0.15, 0.2) is 30.4 Å². The first-order chi connectivity index (χ1) is 8.50. The van der Waals surface area contributed by atoms with E-state index in [1.807, 2.05) is 18.2 Å². The van der Waals surface area contributed by atoms with E-state index in [0.717, 1.165) is 12.0 Å². The van der Waals surface area contributed by atoms with E-state index < -0.39 is 0 Å². The molecular formula is C16H22O2. The molecule has 0 spiro atoms. The van der Waals surface area contributed by atoms with Gasteiger partial charge in [-0.1, -0.05) is 38.1 Å². The summed E-state index contributed by atoms with van der Waals surface area (Å²) in [5, 5.41) is 9.77. The molecule has 0 aliphatic heterocycles. The van der Waals surface area contributed by atoms with Crippen molar-refractivity contribution >= 4 is 5.78 Å². The number of carbonyl (C=O) groups is 1. The summed E-state index contributed by atoms with van der Waals surface area (Å²) in [5.74, 6) is 1.02. The zero-order valence-electron chi connectivity index (χ0n) is 11.4. The molecule has 1 aromatic carbocycles. The standard InChI is InChI=1S/C16H22O2/c1-12(2)14-9-10-16(18)15(11-14)8-6-4-5-7-13(3)17/h4,6,9-12,18H,5,7-8H2,1-3H3/b6-4+. The van der Waals surface area contributed by atoms with Crippen LogP contribution in [0.5, 0.6) is 5.75 Å². The van der Waals surface area contributed by atoms with Gasteiger partial charge in [-0.15, -0.1) is 0 Å². The van der Waals surface area contributed by atoms with Crippen molar-refractivity contribution in [2.24, 2.45) is 0 Å². The summed E-state index contributed by atoms with van der Waals surface area (Å²) < 4.78 is 0. The third-order valence-corrected chi connectivity index (χ3v) is 2.94. The minimum absolute atomic E-state index is 0.212. The molecule has 0 aliphatic rings. The fourth-order valence-corrected chi connectivity index (χ4v) is 1.74. The van der Waals surface area contributed by atoms with E-state index in [9.17, 15) is 9.90 Å². The fraction of sp³-hybridized carbons (Fsp3) is 0.438. The Kier molecular flexibility index (Phi) is 5.63. The number of phenolic OH excluding ortho intramolecular Hbond substituents is 1. The number of allylic oxidation sites excluding steroid dienone is 2. The zero-order chi connectivity index (χ0) is 13.5. The maximum absolute atomic E-state index is 10.8. The highest BCUT2D eigenvalue weighted by molar-refractivity contribution is 5.75. The van der Waals surface area contributed by atoms with E-state index in [4.69, 9.17) is 0 Å². The molecule has 0 bridgehead atoms. The van der Waals surface area contributed by atoms with Crippen LogP contribution >= 0.6 is 0 Å². The smallest absolute Gasteiger partial charge is 0.130 e. The van der Waals surface area contributed by atoms with E-state index in [1.165, 1.54) is 5.56 Å². The second kappa shape index (κ2) is 7.00. The maximum atomic E-state index is 10.8. The van der Waals surface area contributed by atoms with Crippen LogP contribution in [0.25, 0.3) is 0 Å². The Morgan fingerprint density at radius 1 is 1.33 bits per heavy atom. The number of carbonyl (C=O) groups excluding carboxylic acids is 1. The first kappa shape index (κ1) is 14.5. The number of benzene rings is 1. The van der Waals surface area contributed by atoms with Gasteiger partial charge in [0.15, 0.2) is 0 Å². The highest BCUT2D eigenvalue weighted by Gasteiger charge is 2.04. The van der Waals surface area contributed by atoms with E-state index in [2.05, 4.69) is 19.9 Å². The minimum atomic E-state index is 0.212. The molecule has 18 heavy (non-hydrogen) atoms. The summed E-state index contributed by atoms with van der Waals surface area (Å²) in [6, 6.07) is 5.77. The van der Waals surface area contributed by atoms with Crippen LogP contribution in [0, 0.1) is 0 Å². The molecule has 1 rings (SSSR count). The molecule has 1 aromatic rings. The number of phenols is 1. The van der Waals surface area contributed by atoms with E-state index in [1.54, 1.807) is 13.0 Å². The third-order valence-electron chi connectivity index (χ3n) is 2.94. The molecule has 0 saturated heterocycles. The Morgan fingerprint density at radius 2 is 2.06 bits per heavy atom. The van der Waals surface area contributed by atoms with Crippen LogP contribution < -0.4 is 0 Å². The maximum Gasteiger partial charge on any atom is 0.130 e. The van der Waals surface area contributed by atoms with Crippen molar-refractivity contribution in [3.63, 3.8) is 0 Å². The largest absolute Gasteiger partial charge is 0.508 e. The Balaban J connectivity index is 2.60. The normalized spacial score (nSPS) is 11.3. The Hall–Kier alpha value is -1.57. The van der Waals surface area contributed by atoms with Crippen molar-refractivity contribution < 1.29 is 9.90 Å². The van der Waals surface area contributed by atoms with Crippen molar-refractivity contribution in [1.29, 1.82) is 0 Å². The quantitative estimate of drug-likeness (QED) is 0.771. The van der Waals surface area contributed by atoms with Crippen molar-refractivity contribution in [1.82, 2.24) is 0 Å². The van der Waals surface area contributed by atoms with Crippen LogP contribution in [0.1, 0.15) is 50.7 Å². The highest BCUT2D eigenvalue weighted by atomic mass is 16.3. The number of hydrogen-bond acceptors (Lipinski definition) is 2. The molecule has 0 fully saturated rings. The second-order valence-corrected chi connectivity index (χ2v) is 4.96. The molecular weight excluding hydrogens is 224 g/mol. The number of hydrogen-bond donors (Lipinski definition) is 1. The molecule has 0 heterocycles. The van der Waals surface area contributed by atoms with Crippen molar-refractivity contribution in [2.45, 2.75) is 46.0 Å². The molecule has 0 aromatic heterocycles. The van der Waals surface area contributed by atoms with Gasteiger partial charge in [-0.25, -0.2) is 0 Å². The fourth-order valence-electron chi connectivity index (χ4n) is 1.74. The van der Waals surface area contributed by atoms with Gasteiger partial charge in [0.25, 0.3) is 0 Å². The first-order valence-corrected chi connectivity index (χ1v) is 6.47. The predicted molar refractivity (Wildman–Crippen MR) is 75.0 cm³/mol. The molecule has 1 N–H and O–H groups in total. The van der Waals surface area contributed by atoms with Gasteiger partial charge in [-0.3, -0.25) is 0 Å². The SMILES string of the molecule is CC(=O)CC/C=C/Cc1cc(C(C)C)ccc1O. The highest BCUT2D eigenvalue weighted by Crippen LogP contribution is 2.23. The lowest BCUT2D eigenvalue weighted by atomic mass is 9.99. The topological polar surface area (TPSA) is 37.3 Å². The molecule has 2 heteroatoms. The summed E-state index contributed by atoms with van der Waals surface area (Å²) in [6.07, 6.45) is 6.10. The molecule has 0 unspecified atom stereocenters. The van der Waals surface area contributed by atoms with Crippen molar-refractivity contribution in [2.75, 3.05) is 0 Å². The minimum Gasteiger partial charge on any atom is -0.508 e. The lowest BCUT2D eigenvalue weighted by Gasteiger charge is -2.08. The van der Waals surface area contributed by atoms with Gasteiger partial charge in [0.1, 0.15) is 11.5 Å². The average Bonchev–Trinajstić information content (AvgIpc) is 2.30. The Morgan fingerprint density at radius 3 is 2.67 bits per heavy atom. The van der Waals surface area contributed by atoms with E-state index >= 15 is 0 Å².